The highest BCUT2D eigenvalue weighted by molar-refractivity contribution is 8.02. The topological polar surface area (TPSA) is 25.2 Å². The average molecular weight is 162 g/mol. The van der Waals surface area contributed by atoms with Gasteiger partial charge in [-0.3, -0.25) is 9.98 Å². The van der Waals surface area contributed by atoms with Crippen LogP contribution >= 0.6 is 11.8 Å². The van der Waals surface area contributed by atoms with Crippen LogP contribution < -0.4 is 0 Å². The number of hydrogen-bond acceptors (Lipinski definition) is 3. The van der Waals surface area contributed by atoms with Crippen LogP contribution in [0.4, 0.5) is 5.69 Å². The molecule has 0 atom stereocenters. The van der Waals surface area contributed by atoms with Gasteiger partial charge in [0.05, 0.1) is 11.9 Å². The first-order chi connectivity index (χ1) is 5.47. The van der Waals surface area contributed by atoms with E-state index >= 15 is 0 Å². The molecular weight excluding hydrogens is 156 g/mol. The molecule has 11 heavy (non-hydrogen) atoms. The van der Waals surface area contributed by atoms with Crippen molar-refractivity contribution in [3.63, 3.8) is 0 Å². The molecule has 0 unspecified atom stereocenters. The Hall–Kier alpha value is -1.09. The number of pyridine rings is 1. The Bertz CT molecular complexity index is 318. The highest BCUT2D eigenvalue weighted by Gasteiger charge is 1.99. The maximum Gasteiger partial charge on any atom is 0.0951 e. The maximum atomic E-state index is 4.19. The van der Waals surface area contributed by atoms with Gasteiger partial charge < -0.3 is 0 Å². The molecule has 1 aliphatic rings. The fourth-order valence-electron chi connectivity index (χ4n) is 0.841. The van der Waals surface area contributed by atoms with Gasteiger partial charge in [-0.25, -0.2) is 0 Å². The summed E-state index contributed by atoms with van der Waals surface area (Å²) in [6.07, 6.45) is 7.25. The molecule has 2 rings (SSSR count). The van der Waals surface area contributed by atoms with Crippen molar-refractivity contribution in [1.82, 2.24) is 4.98 Å². The number of aliphatic imine (C=N–C) groups is 1. The van der Waals surface area contributed by atoms with Gasteiger partial charge >= 0.3 is 0 Å². The zero-order valence-electron chi connectivity index (χ0n) is 5.77. The van der Waals surface area contributed by atoms with E-state index < -0.39 is 0 Å². The second kappa shape index (κ2) is 2.88. The van der Waals surface area contributed by atoms with Gasteiger partial charge in [0.1, 0.15) is 0 Å². The summed E-state index contributed by atoms with van der Waals surface area (Å²) in [6, 6.07) is 1.97. The zero-order valence-corrected chi connectivity index (χ0v) is 6.58. The molecule has 2 nitrogen and oxygen atoms in total. The summed E-state index contributed by atoms with van der Waals surface area (Å²) in [4.78, 5) is 9.33. The summed E-state index contributed by atoms with van der Waals surface area (Å²) in [5.41, 5.74) is 0.947. The fraction of sp³-hybridized carbons (Fsp3) is 0. The van der Waals surface area contributed by atoms with Crippen LogP contribution in [0.5, 0.6) is 0 Å². The Kier molecular flexibility index (Phi) is 1.73. The van der Waals surface area contributed by atoms with Crippen LogP contribution in [0.2, 0.25) is 0 Å². The molecule has 54 valence electrons. The van der Waals surface area contributed by atoms with Crippen molar-refractivity contribution in [2.24, 2.45) is 4.99 Å². The Morgan fingerprint density at radius 2 is 2.36 bits per heavy atom. The zero-order chi connectivity index (χ0) is 7.52. The molecule has 1 aromatic heterocycles. The van der Waals surface area contributed by atoms with E-state index in [4.69, 9.17) is 0 Å². The molecule has 0 bridgehead atoms. The Labute approximate surface area is 69.1 Å². The van der Waals surface area contributed by atoms with E-state index in [1.54, 1.807) is 30.4 Å². The van der Waals surface area contributed by atoms with E-state index in [0.29, 0.717) is 0 Å². The molecule has 0 amide bonds. The number of nitrogens with zero attached hydrogens (tertiary/aromatic N) is 2. The first-order valence-corrected chi connectivity index (χ1v) is 4.15. The van der Waals surface area contributed by atoms with Crippen molar-refractivity contribution in [1.29, 1.82) is 0 Å². The van der Waals surface area contributed by atoms with E-state index in [1.807, 2.05) is 17.6 Å². The highest BCUT2D eigenvalue weighted by atomic mass is 32.2. The maximum absolute atomic E-state index is 4.19. The van der Waals surface area contributed by atoms with Crippen LogP contribution in [-0.2, 0) is 0 Å². The molecule has 1 aromatic rings. The molecule has 0 saturated heterocycles. The Morgan fingerprint density at radius 3 is 3.36 bits per heavy atom. The predicted octanol–water partition coefficient (Wildman–Crippen LogP) is 2.40. The van der Waals surface area contributed by atoms with Gasteiger partial charge in [-0.15, -0.1) is 0 Å². The highest BCUT2D eigenvalue weighted by Crippen LogP contribution is 2.30. The van der Waals surface area contributed by atoms with Crippen molar-refractivity contribution in [3.05, 3.63) is 29.9 Å². The summed E-state index contributed by atoms with van der Waals surface area (Å²) in [5, 5.41) is 2.01. The SMILES string of the molecule is C1=CSc2ccncc2N=C1. The summed E-state index contributed by atoms with van der Waals surface area (Å²) in [5.74, 6) is 0. The fourth-order valence-corrected chi connectivity index (χ4v) is 1.50. The Balaban J connectivity index is 2.52. The van der Waals surface area contributed by atoms with Gasteiger partial charge in [0.25, 0.3) is 0 Å². The molecule has 3 heteroatoms. The molecule has 1 aliphatic heterocycles. The molecule has 2 heterocycles. The standard InChI is InChI=1S/C8H6N2S/c1-3-10-7-6-9-4-2-8(7)11-5-1/h1-6H. The van der Waals surface area contributed by atoms with E-state index in [0.717, 1.165) is 10.6 Å². The van der Waals surface area contributed by atoms with Crippen LogP contribution in [0.3, 0.4) is 0 Å². The predicted molar refractivity (Wildman–Crippen MR) is 47.4 cm³/mol. The lowest BCUT2D eigenvalue weighted by atomic mass is 10.4. The largest absolute Gasteiger partial charge is 0.262 e. The number of rotatable bonds is 0. The van der Waals surface area contributed by atoms with E-state index in [-0.39, 0.29) is 0 Å². The normalized spacial score (nSPS) is 14.2. The van der Waals surface area contributed by atoms with E-state index in [9.17, 15) is 0 Å². The number of thioether (sulfide) groups is 1. The first-order valence-electron chi connectivity index (χ1n) is 3.27. The lowest BCUT2D eigenvalue weighted by molar-refractivity contribution is 1.24. The van der Waals surface area contributed by atoms with Crippen molar-refractivity contribution < 1.29 is 0 Å². The van der Waals surface area contributed by atoms with Crippen LogP contribution in [0.15, 0.2) is 39.8 Å². The summed E-state index contributed by atoms with van der Waals surface area (Å²) in [7, 11) is 0. The third-order valence-electron chi connectivity index (χ3n) is 1.33. The van der Waals surface area contributed by atoms with Crippen molar-refractivity contribution >= 4 is 23.7 Å². The first kappa shape index (κ1) is 6.61. The van der Waals surface area contributed by atoms with Gasteiger partial charge in [0, 0.05) is 17.3 Å². The Morgan fingerprint density at radius 1 is 1.36 bits per heavy atom. The van der Waals surface area contributed by atoms with Crippen molar-refractivity contribution in [2.75, 3.05) is 0 Å². The smallest absolute Gasteiger partial charge is 0.0951 e. The minimum Gasteiger partial charge on any atom is -0.262 e. The van der Waals surface area contributed by atoms with Crippen LogP contribution in [0, 0.1) is 0 Å². The molecule has 0 aliphatic carbocycles. The molecule has 0 fully saturated rings. The average Bonchev–Trinajstić information content (AvgIpc) is 2.28. The summed E-state index contributed by atoms with van der Waals surface area (Å²) >= 11 is 1.66. The van der Waals surface area contributed by atoms with Crippen LogP contribution in [-0.4, -0.2) is 11.2 Å². The number of aromatic nitrogens is 1. The molecular formula is C8H6N2S. The summed E-state index contributed by atoms with van der Waals surface area (Å²) in [6.45, 7) is 0. The number of allylic oxidation sites excluding steroid dienone is 1. The monoisotopic (exact) mass is 162 g/mol. The quantitative estimate of drug-likeness (QED) is 0.585. The van der Waals surface area contributed by atoms with Gasteiger partial charge in [0.15, 0.2) is 0 Å². The van der Waals surface area contributed by atoms with Crippen molar-refractivity contribution in [3.8, 4) is 0 Å². The van der Waals surface area contributed by atoms with Gasteiger partial charge in [0.2, 0.25) is 0 Å². The second-order valence-electron chi connectivity index (χ2n) is 2.07. The second-order valence-corrected chi connectivity index (χ2v) is 3.02. The molecule has 0 radical (unpaired) electrons. The third-order valence-corrected chi connectivity index (χ3v) is 2.23. The molecule has 0 aromatic carbocycles. The summed E-state index contributed by atoms with van der Waals surface area (Å²) < 4.78 is 0. The van der Waals surface area contributed by atoms with Crippen LogP contribution in [0.1, 0.15) is 0 Å². The lowest BCUT2D eigenvalue weighted by Crippen LogP contribution is -1.72. The van der Waals surface area contributed by atoms with Crippen LogP contribution in [0.25, 0.3) is 0 Å². The van der Waals surface area contributed by atoms with Gasteiger partial charge in [-0.1, -0.05) is 11.8 Å². The molecule has 0 N–H and O–H groups in total. The molecule has 0 saturated carbocycles. The minimum atomic E-state index is 0.947. The lowest BCUT2D eigenvalue weighted by Gasteiger charge is -1.96. The number of hydrogen-bond donors (Lipinski definition) is 0. The van der Waals surface area contributed by atoms with E-state index in [1.165, 1.54) is 0 Å². The van der Waals surface area contributed by atoms with Crippen molar-refractivity contribution in [2.45, 2.75) is 4.90 Å². The van der Waals surface area contributed by atoms with E-state index in [2.05, 4.69) is 9.98 Å². The molecule has 0 spiro atoms. The number of fused-ring (bicyclic) bond motifs is 1. The van der Waals surface area contributed by atoms with Gasteiger partial charge in [-0.2, -0.15) is 0 Å². The minimum absolute atomic E-state index is 0.947. The third kappa shape index (κ3) is 1.33. The van der Waals surface area contributed by atoms with Gasteiger partial charge in [-0.05, 0) is 17.6 Å².